The van der Waals surface area contributed by atoms with Gasteiger partial charge < -0.3 is 4.52 Å². The summed E-state index contributed by atoms with van der Waals surface area (Å²) in [6, 6.07) is 20.1. The molecule has 4 aromatic carbocycles. The van der Waals surface area contributed by atoms with Crippen molar-refractivity contribution in [2.75, 3.05) is 0 Å². The number of benzene rings is 4. The summed E-state index contributed by atoms with van der Waals surface area (Å²) in [5.41, 5.74) is 9.63. The minimum atomic E-state index is 0.578. The molecule has 0 aliphatic heterocycles. The standard InChI is InChI=1S/C28H13N9OS3/c1-2-10-18-13(5-1)25(34-40-18)21-19(14-6-3-8-16-23(14)31-35-30-16)20(15-7-4-9-17-24(15)32-36-38-17)26-27(41-37-33-26)22(21)28-29-11-12-39-28/h1-12H,(H,30,31,35). The number of nitrogens with zero attached hydrogens (tertiary/aromatic N) is 8. The number of aromatic amines is 1. The summed E-state index contributed by atoms with van der Waals surface area (Å²) in [4.78, 5) is 4.77. The summed E-state index contributed by atoms with van der Waals surface area (Å²) in [7, 11) is 0. The van der Waals surface area contributed by atoms with Gasteiger partial charge in [-0.05, 0) is 41.3 Å². The number of fused-ring (bicyclic) bond motifs is 4. The fourth-order valence-electron chi connectivity index (χ4n) is 5.46. The van der Waals surface area contributed by atoms with Crippen LogP contribution in [0.1, 0.15) is 0 Å². The number of aromatic nitrogens is 9. The van der Waals surface area contributed by atoms with Crippen LogP contribution < -0.4 is 0 Å². The Kier molecular flexibility index (Phi) is 4.87. The lowest BCUT2D eigenvalue weighted by Gasteiger charge is -2.19. The van der Waals surface area contributed by atoms with Gasteiger partial charge in [-0.1, -0.05) is 52.2 Å². The molecule has 9 rings (SSSR count). The van der Waals surface area contributed by atoms with Crippen molar-refractivity contribution in [3.63, 3.8) is 0 Å². The van der Waals surface area contributed by atoms with Crippen LogP contribution in [0.4, 0.5) is 0 Å². The second-order valence-corrected chi connectivity index (χ2v) is 11.7. The lowest BCUT2D eigenvalue weighted by Crippen LogP contribution is -1.98. The van der Waals surface area contributed by atoms with Gasteiger partial charge in [0.15, 0.2) is 5.58 Å². The molecule has 0 amide bonds. The first-order chi connectivity index (χ1) is 20.4. The Morgan fingerprint density at radius 3 is 2.56 bits per heavy atom. The van der Waals surface area contributed by atoms with Crippen LogP contribution in [-0.4, -0.2) is 44.7 Å². The van der Waals surface area contributed by atoms with Gasteiger partial charge in [0.2, 0.25) is 0 Å². The van der Waals surface area contributed by atoms with Gasteiger partial charge in [-0.2, -0.15) is 4.37 Å². The van der Waals surface area contributed by atoms with Crippen LogP contribution in [0.2, 0.25) is 0 Å². The monoisotopic (exact) mass is 587 g/mol. The first-order valence-corrected chi connectivity index (χ1v) is 14.9. The highest BCUT2D eigenvalue weighted by Gasteiger charge is 2.31. The Bertz CT molecular complexity index is 2400. The molecule has 194 valence electrons. The Labute approximate surface area is 241 Å². The maximum atomic E-state index is 5.48. The van der Waals surface area contributed by atoms with E-state index in [-0.39, 0.29) is 0 Å². The van der Waals surface area contributed by atoms with E-state index >= 15 is 0 Å². The summed E-state index contributed by atoms with van der Waals surface area (Å²) in [5.74, 6) is 0. The van der Waals surface area contributed by atoms with Gasteiger partial charge >= 0.3 is 0 Å². The largest absolute Gasteiger partial charge is 0.337 e. The predicted molar refractivity (Wildman–Crippen MR) is 161 cm³/mol. The average molecular weight is 588 g/mol. The topological polar surface area (TPSA) is 132 Å². The van der Waals surface area contributed by atoms with Gasteiger partial charge in [0.1, 0.15) is 21.6 Å². The minimum absolute atomic E-state index is 0.578. The van der Waals surface area contributed by atoms with Crippen LogP contribution in [0.3, 0.4) is 0 Å². The molecule has 5 aromatic heterocycles. The van der Waals surface area contributed by atoms with Crippen molar-refractivity contribution in [2.45, 2.75) is 0 Å². The van der Waals surface area contributed by atoms with Gasteiger partial charge in [-0.15, -0.1) is 26.6 Å². The van der Waals surface area contributed by atoms with Crippen LogP contribution >= 0.6 is 34.4 Å². The van der Waals surface area contributed by atoms with Crippen molar-refractivity contribution in [2.24, 2.45) is 0 Å². The van der Waals surface area contributed by atoms with E-state index in [1.807, 2.05) is 54.0 Å². The van der Waals surface area contributed by atoms with E-state index in [4.69, 9.17) is 19.0 Å². The van der Waals surface area contributed by atoms with E-state index in [2.05, 4.69) is 48.5 Å². The molecule has 1 N–H and O–H groups in total. The summed E-state index contributed by atoms with van der Waals surface area (Å²) in [6.45, 7) is 0. The number of hydrogen-bond donors (Lipinski definition) is 1. The molecular formula is C28H13N9OS3. The molecule has 0 spiro atoms. The highest BCUT2D eigenvalue weighted by atomic mass is 32.1. The maximum absolute atomic E-state index is 5.48. The number of thiazole rings is 1. The first-order valence-electron chi connectivity index (χ1n) is 12.4. The second-order valence-electron chi connectivity index (χ2n) is 9.25. The van der Waals surface area contributed by atoms with Crippen molar-refractivity contribution in [1.29, 1.82) is 0 Å². The van der Waals surface area contributed by atoms with Gasteiger partial charge in [-0.25, -0.2) is 4.98 Å². The van der Waals surface area contributed by atoms with E-state index in [1.54, 1.807) is 11.3 Å². The van der Waals surface area contributed by atoms with Crippen molar-refractivity contribution in [3.05, 3.63) is 72.2 Å². The average Bonchev–Trinajstić information content (AvgIpc) is 3.84. The summed E-state index contributed by atoms with van der Waals surface area (Å²) >= 11 is 4.38. The van der Waals surface area contributed by atoms with Crippen LogP contribution in [0.15, 0.2) is 76.8 Å². The molecule has 41 heavy (non-hydrogen) atoms. The SMILES string of the molecule is c1cc(-c2c(-c3nsc4ccccc34)c(-c3nccs3)c3snnc3c2-c2cccc3onnc23)c2nn[nH]c2c1. The van der Waals surface area contributed by atoms with Crippen molar-refractivity contribution in [3.8, 4) is 44.1 Å². The highest BCUT2D eigenvalue weighted by Crippen LogP contribution is 2.53. The Morgan fingerprint density at radius 2 is 1.63 bits per heavy atom. The van der Waals surface area contributed by atoms with Gasteiger partial charge in [0.05, 0.1) is 20.6 Å². The van der Waals surface area contributed by atoms with Crippen molar-refractivity contribution >= 4 is 76.8 Å². The smallest absolute Gasteiger partial charge is 0.188 e. The van der Waals surface area contributed by atoms with Crippen molar-refractivity contribution < 1.29 is 4.52 Å². The molecule has 0 aliphatic carbocycles. The van der Waals surface area contributed by atoms with Crippen LogP contribution in [-0.2, 0) is 0 Å². The molecule has 0 aliphatic rings. The number of nitrogens with one attached hydrogen (secondary N) is 1. The quantitative estimate of drug-likeness (QED) is 0.226. The van der Waals surface area contributed by atoms with E-state index < -0.39 is 0 Å². The Morgan fingerprint density at radius 1 is 0.732 bits per heavy atom. The van der Waals surface area contributed by atoms with E-state index in [0.717, 1.165) is 75.4 Å². The van der Waals surface area contributed by atoms with Gasteiger partial charge in [0.25, 0.3) is 0 Å². The molecule has 0 atom stereocenters. The third kappa shape index (κ3) is 3.27. The fraction of sp³-hybridized carbons (Fsp3) is 0. The molecular weight excluding hydrogens is 575 g/mol. The highest BCUT2D eigenvalue weighted by molar-refractivity contribution is 7.16. The molecule has 10 nitrogen and oxygen atoms in total. The van der Waals surface area contributed by atoms with Crippen LogP contribution in [0.25, 0.3) is 86.5 Å². The third-order valence-corrected chi connectivity index (χ3v) is 9.50. The molecule has 0 bridgehead atoms. The number of rotatable bonds is 4. The molecule has 0 saturated carbocycles. The van der Waals surface area contributed by atoms with Gasteiger partial charge in [-0.3, -0.25) is 5.10 Å². The number of H-pyrrole nitrogens is 1. The normalized spacial score (nSPS) is 11.9. The molecule has 0 fully saturated rings. The molecule has 9 aromatic rings. The third-order valence-electron chi connectivity index (χ3n) is 7.14. The van der Waals surface area contributed by atoms with Crippen LogP contribution in [0.5, 0.6) is 0 Å². The lowest BCUT2D eigenvalue weighted by atomic mass is 9.84. The fourth-order valence-corrected chi connectivity index (χ4v) is 7.73. The minimum Gasteiger partial charge on any atom is -0.337 e. The first kappa shape index (κ1) is 22.8. The molecule has 13 heteroatoms. The predicted octanol–water partition coefficient (Wildman–Crippen LogP) is 7.23. The van der Waals surface area contributed by atoms with Crippen molar-refractivity contribution in [1.82, 2.24) is 44.7 Å². The Balaban J connectivity index is 1.58. The summed E-state index contributed by atoms with van der Waals surface area (Å²) < 4.78 is 17.0. The summed E-state index contributed by atoms with van der Waals surface area (Å²) in [6.07, 6.45) is 1.82. The molecule has 0 unspecified atom stereocenters. The lowest BCUT2D eigenvalue weighted by molar-refractivity contribution is 0.424. The molecule has 0 radical (unpaired) electrons. The van der Waals surface area contributed by atoms with E-state index in [1.165, 1.54) is 23.1 Å². The molecule has 5 heterocycles. The van der Waals surface area contributed by atoms with E-state index in [0.29, 0.717) is 11.1 Å². The molecule has 0 saturated heterocycles. The summed E-state index contributed by atoms with van der Waals surface area (Å²) in [5, 5.41) is 28.5. The van der Waals surface area contributed by atoms with Gasteiger partial charge in [0, 0.05) is 55.6 Å². The maximum Gasteiger partial charge on any atom is 0.188 e. The number of hydrogen-bond acceptors (Lipinski definition) is 12. The zero-order valence-corrected chi connectivity index (χ0v) is 23.1. The Hall–Kier alpha value is -4.98. The van der Waals surface area contributed by atoms with Crippen LogP contribution in [0, 0.1) is 0 Å². The zero-order valence-electron chi connectivity index (χ0n) is 20.6. The second kappa shape index (κ2) is 8.76. The van der Waals surface area contributed by atoms with E-state index in [9.17, 15) is 0 Å². The zero-order chi connectivity index (χ0) is 26.9.